The zero-order valence-electron chi connectivity index (χ0n) is 11.0. The highest BCUT2D eigenvalue weighted by atomic mass is 32.2. The van der Waals surface area contributed by atoms with Crippen molar-refractivity contribution in [2.24, 2.45) is 5.84 Å². The summed E-state index contributed by atoms with van der Waals surface area (Å²) in [5.74, 6) is 7.30. The van der Waals surface area contributed by atoms with Gasteiger partial charge in [0.2, 0.25) is 0 Å². The normalized spacial score (nSPS) is 10.5. The summed E-state index contributed by atoms with van der Waals surface area (Å²) >= 11 is 1.26. The summed E-state index contributed by atoms with van der Waals surface area (Å²) in [6.45, 7) is 2.06. The van der Waals surface area contributed by atoms with Crippen LogP contribution in [0.2, 0.25) is 0 Å². The first-order valence-electron chi connectivity index (χ1n) is 6.03. The highest BCUT2D eigenvalue weighted by molar-refractivity contribution is 7.99. The molecule has 0 atom stereocenters. The minimum Gasteiger partial charge on any atom is -0.383 e. The van der Waals surface area contributed by atoms with Crippen molar-refractivity contribution >= 4 is 29.2 Å². The molecule has 0 fully saturated rings. The van der Waals surface area contributed by atoms with Gasteiger partial charge in [-0.3, -0.25) is 0 Å². The zero-order chi connectivity index (χ0) is 14.5. The Hall–Kier alpha value is -2.13. The van der Waals surface area contributed by atoms with Crippen molar-refractivity contribution in [1.29, 1.82) is 0 Å². The van der Waals surface area contributed by atoms with Crippen LogP contribution in [0.1, 0.15) is 19.2 Å². The van der Waals surface area contributed by atoms with E-state index in [0.717, 1.165) is 12.8 Å². The van der Waals surface area contributed by atoms with Gasteiger partial charge in [0.15, 0.2) is 5.16 Å². The summed E-state index contributed by atoms with van der Waals surface area (Å²) in [5, 5.41) is 1.12. The van der Waals surface area contributed by atoms with Crippen LogP contribution in [-0.2, 0) is 6.42 Å². The van der Waals surface area contributed by atoms with Gasteiger partial charge in [0.1, 0.15) is 28.3 Å². The molecule has 7 N–H and O–H groups in total. The second-order valence-electron chi connectivity index (χ2n) is 4.00. The van der Waals surface area contributed by atoms with Crippen molar-refractivity contribution in [3.63, 3.8) is 0 Å². The fourth-order valence-corrected chi connectivity index (χ4v) is 2.35. The highest BCUT2D eigenvalue weighted by Gasteiger charge is 2.08. The largest absolute Gasteiger partial charge is 0.383 e. The fraction of sp³-hybridized carbons (Fsp3) is 0.273. The molecule has 0 saturated carbocycles. The first-order chi connectivity index (χ1) is 9.60. The highest BCUT2D eigenvalue weighted by Crippen LogP contribution is 2.26. The minimum atomic E-state index is 0.319. The number of nitrogens with zero attached hydrogens (tertiary/aromatic N) is 4. The lowest BCUT2D eigenvalue weighted by Gasteiger charge is -2.06. The third kappa shape index (κ3) is 3.68. The molecule has 0 aliphatic rings. The second kappa shape index (κ2) is 6.35. The maximum Gasteiger partial charge on any atom is 0.197 e. The number of nitrogens with one attached hydrogen (secondary N) is 1. The minimum absolute atomic E-state index is 0.319. The van der Waals surface area contributed by atoms with Crippen LogP contribution in [0.3, 0.4) is 0 Å². The van der Waals surface area contributed by atoms with Crippen molar-refractivity contribution < 1.29 is 0 Å². The monoisotopic (exact) mass is 292 g/mol. The molecule has 0 radical (unpaired) electrons. The second-order valence-corrected chi connectivity index (χ2v) is 4.99. The van der Waals surface area contributed by atoms with E-state index < -0.39 is 0 Å². The summed E-state index contributed by atoms with van der Waals surface area (Å²) in [4.78, 5) is 16.9. The molecule has 0 spiro atoms. The molecule has 0 aliphatic carbocycles. The first-order valence-corrected chi connectivity index (χ1v) is 6.84. The molecule has 0 saturated heterocycles. The van der Waals surface area contributed by atoms with Gasteiger partial charge in [0, 0.05) is 18.6 Å². The number of hydrogen-bond acceptors (Lipinski definition) is 9. The molecule has 20 heavy (non-hydrogen) atoms. The van der Waals surface area contributed by atoms with Crippen molar-refractivity contribution in [2.75, 3.05) is 16.9 Å². The summed E-state index contributed by atoms with van der Waals surface area (Å²) < 4.78 is 0. The molecule has 0 aromatic carbocycles. The Bertz CT molecular complexity index is 583. The smallest absolute Gasteiger partial charge is 0.197 e. The molecular weight excluding hydrogens is 276 g/mol. The predicted octanol–water partition coefficient (Wildman–Crippen LogP) is 0.820. The number of aryl methyl sites for hydroxylation is 1. The lowest BCUT2D eigenvalue weighted by Crippen LogP contribution is -2.11. The van der Waals surface area contributed by atoms with E-state index in [-0.39, 0.29) is 0 Å². The van der Waals surface area contributed by atoms with E-state index >= 15 is 0 Å². The van der Waals surface area contributed by atoms with Gasteiger partial charge in [-0.2, -0.15) is 0 Å². The zero-order valence-corrected chi connectivity index (χ0v) is 11.8. The Morgan fingerprint density at radius 3 is 2.40 bits per heavy atom. The van der Waals surface area contributed by atoms with Crippen LogP contribution in [0.15, 0.2) is 22.3 Å². The van der Waals surface area contributed by atoms with Gasteiger partial charge in [-0.1, -0.05) is 6.92 Å². The van der Waals surface area contributed by atoms with Crippen LogP contribution in [0.5, 0.6) is 0 Å². The van der Waals surface area contributed by atoms with Gasteiger partial charge in [-0.25, -0.2) is 25.8 Å². The van der Waals surface area contributed by atoms with E-state index in [0.29, 0.717) is 33.5 Å². The maximum atomic E-state index is 5.64. The third-order valence-electron chi connectivity index (χ3n) is 2.31. The standard InChI is InChI=1S/C11H16N8S/c1-2-3-8-17-9(19-14)5-10(18-8)20-11-15-6(12)4-7(13)16-11/h4-5H,2-3,14H2,1H3,(H,17,18,19)(H4,12,13,15,16). The number of aromatic nitrogens is 4. The van der Waals surface area contributed by atoms with Crippen LogP contribution >= 0.6 is 11.8 Å². The van der Waals surface area contributed by atoms with Gasteiger partial charge < -0.3 is 16.9 Å². The molecule has 9 heteroatoms. The van der Waals surface area contributed by atoms with Crippen molar-refractivity contribution in [1.82, 2.24) is 19.9 Å². The first kappa shape index (κ1) is 14.3. The number of hydrazine groups is 1. The predicted molar refractivity (Wildman–Crippen MR) is 78.8 cm³/mol. The maximum absolute atomic E-state index is 5.64. The Morgan fingerprint density at radius 2 is 1.80 bits per heavy atom. The van der Waals surface area contributed by atoms with Gasteiger partial charge in [0.25, 0.3) is 0 Å². The van der Waals surface area contributed by atoms with Crippen molar-refractivity contribution in [3.8, 4) is 0 Å². The van der Waals surface area contributed by atoms with E-state index in [1.54, 1.807) is 6.07 Å². The van der Waals surface area contributed by atoms with E-state index in [4.69, 9.17) is 17.3 Å². The van der Waals surface area contributed by atoms with Crippen LogP contribution in [0, 0.1) is 0 Å². The Labute approximate surface area is 120 Å². The van der Waals surface area contributed by atoms with E-state index in [1.165, 1.54) is 17.8 Å². The molecule has 2 aromatic heterocycles. The quantitative estimate of drug-likeness (QED) is 0.272. The van der Waals surface area contributed by atoms with Crippen molar-refractivity contribution in [3.05, 3.63) is 18.0 Å². The molecule has 2 heterocycles. The summed E-state index contributed by atoms with van der Waals surface area (Å²) in [6, 6.07) is 3.21. The average Bonchev–Trinajstić information content (AvgIpc) is 2.37. The molecule has 106 valence electrons. The van der Waals surface area contributed by atoms with E-state index in [9.17, 15) is 0 Å². The van der Waals surface area contributed by atoms with E-state index in [1.807, 2.05) is 0 Å². The fourth-order valence-electron chi connectivity index (χ4n) is 1.54. The third-order valence-corrected chi connectivity index (χ3v) is 3.09. The average molecular weight is 292 g/mol. The van der Waals surface area contributed by atoms with Crippen molar-refractivity contribution in [2.45, 2.75) is 29.9 Å². The molecule has 0 aliphatic heterocycles. The lowest BCUT2D eigenvalue weighted by molar-refractivity contribution is 0.809. The topological polar surface area (TPSA) is 142 Å². The molecule has 8 nitrogen and oxygen atoms in total. The number of nitrogens with two attached hydrogens (primary N) is 3. The molecule has 2 rings (SSSR count). The van der Waals surface area contributed by atoms with Gasteiger partial charge in [0.05, 0.1) is 0 Å². The Morgan fingerprint density at radius 1 is 1.10 bits per heavy atom. The molecule has 0 bridgehead atoms. The Balaban J connectivity index is 2.29. The molecule has 0 amide bonds. The van der Waals surface area contributed by atoms with Gasteiger partial charge >= 0.3 is 0 Å². The Kier molecular flexibility index (Phi) is 4.53. The molecular formula is C11H16N8S. The van der Waals surface area contributed by atoms with E-state index in [2.05, 4.69) is 32.3 Å². The lowest BCUT2D eigenvalue weighted by atomic mass is 10.3. The van der Waals surface area contributed by atoms with Crippen LogP contribution < -0.4 is 22.7 Å². The number of rotatable bonds is 5. The number of hydrogen-bond donors (Lipinski definition) is 4. The molecule has 0 unspecified atom stereocenters. The van der Waals surface area contributed by atoms with Crippen LogP contribution in [0.25, 0.3) is 0 Å². The summed E-state index contributed by atoms with van der Waals surface area (Å²) in [7, 11) is 0. The van der Waals surface area contributed by atoms with Crippen LogP contribution in [0.4, 0.5) is 17.5 Å². The summed E-state index contributed by atoms with van der Waals surface area (Å²) in [6.07, 6.45) is 1.71. The SMILES string of the molecule is CCCc1nc(NN)cc(Sc2nc(N)cc(N)n2)n1. The van der Waals surface area contributed by atoms with Crippen LogP contribution in [-0.4, -0.2) is 19.9 Å². The number of nitrogen functional groups attached to an aromatic ring is 3. The van der Waals surface area contributed by atoms with Gasteiger partial charge in [-0.05, 0) is 18.2 Å². The molecule has 2 aromatic rings. The van der Waals surface area contributed by atoms with Gasteiger partial charge in [-0.15, -0.1) is 0 Å². The number of anilines is 3. The summed E-state index contributed by atoms with van der Waals surface area (Å²) in [5.41, 5.74) is 13.8.